The van der Waals surface area contributed by atoms with E-state index in [4.69, 9.17) is 10.4 Å². The van der Waals surface area contributed by atoms with E-state index >= 15 is 0 Å². The van der Waals surface area contributed by atoms with Gasteiger partial charge >= 0.3 is 6.92 Å². The molecule has 0 radical (unpaired) electrons. The first-order valence-electron chi connectivity index (χ1n) is 7.73. The third-order valence-corrected chi connectivity index (χ3v) is 6.55. The highest BCUT2D eigenvalue weighted by molar-refractivity contribution is 7.85. The van der Waals surface area contributed by atoms with Crippen LogP contribution >= 0.6 is 0 Å². The van der Waals surface area contributed by atoms with Crippen molar-refractivity contribution in [3.8, 4) is 0 Å². The van der Waals surface area contributed by atoms with Gasteiger partial charge in [-0.15, -0.1) is 0 Å². The summed E-state index contributed by atoms with van der Waals surface area (Å²) in [6.45, 7) is 8.70. The average molecular weight is 310 g/mol. The van der Waals surface area contributed by atoms with Gasteiger partial charge in [-0.2, -0.15) is 0 Å². The van der Waals surface area contributed by atoms with E-state index in [-0.39, 0.29) is 24.0 Å². The first kappa shape index (κ1) is 16.8. The number of allylic oxidation sites excluding steroid dienone is 1. The number of nitrogens with zero attached hydrogens (tertiary/aromatic N) is 1. The fraction of sp³-hybridized carbons (Fsp3) is 0.800. The Balaban J connectivity index is 2.03. The lowest BCUT2D eigenvalue weighted by atomic mass is 9.54. The molecule has 4 nitrogen and oxygen atoms in total. The predicted molar refractivity (Wildman–Crippen MR) is 91.2 cm³/mol. The van der Waals surface area contributed by atoms with Gasteiger partial charge in [-0.25, -0.2) is 0 Å². The van der Waals surface area contributed by atoms with Crippen LogP contribution in [0.4, 0.5) is 0 Å². The van der Waals surface area contributed by atoms with Crippen molar-refractivity contribution in [3.05, 3.63) is 11.7 Å². The Kier molecular flexibility index (Phi) is 4.98. The van der Waals surface area contributed by atoms with Gasteiger partial charge < -0.3 is 10.4 Å². The van der Waals surface area contributed by atoms with Crippen molar-refractivity contribution >= 4 is 23.9 Å². The quantitative estimate of drug-likeness (QED) is 0.642. The van der Waals surface area contributed by atoms with Crippen LogP contribution in [0.1, 0.15) is 40.5 Å². The molecule has 0 saturated carbocycles. The van der Waals surface area contributed by atoms with Gasteiger partial charge in [0.1, 0.15) is 0 Å². The molecule has 0 spiro atoms. The van der Waals surface area contributed by atoms with Gasteiger partial charge in [0.15, 0.2) is 0 Å². The number of hydrogen-bond acceptors (Lipinski definition) is 4. The molecule has 2 N–H and O–H groups in total. The van der Waals surface area contributed by atoms with E-state index in [1.54, 1.807) is 6.20 Å². The fourth-order valence-corrected chi connectivity index (χ4v) is 4.19. The van der Waals surface area contributed by atoms with Crippen LogP contribution in [0.15, 0.2) is 16.7 Å². The SMILES string of the molecule is CC1(C)CB(C(C=NC2CCCS(=O)C2)=CN)OC1(C)C. The van der Waals surface area contributed by atoms with E-state index in [1.807, 2.05) is 6.21 Å². The molecule has 0 aliphatic carbocycles. The maximum absolute atomic E-state index is 11.6. The van der Waals surface area contributed by atoms with E-state index in [0.29, 0.717) is 5.75 Å². The zero-order valence-electron chi connectivity index (χ0n) is 13.6. The van der Waals surface area contributed by atoms with Gasteiger partial charge in [0, 0.05) is 28.5 Å². The standard InChI is InChI=1S/C15H27BN2O2S/c1-14(2)11-16(20-15(14,3)4)12(8-17)9-18-13-6-5-7-21(19)10-13/h8-9,13H,5-7,10-11,17H2,1-4H3. The van der Waals surface area contributed by atoms with Crippen molar-refractivity contribution in [2.75, 3.05) is 11.5 Å². The second kappa shape index (κ2) is 6.25. The monoisotopic (exact) mass is 310 g/mol. The van der Waals surface area contributed by atoms with Crippen molar-refractivity contribution in [2.24, 2.45) is 16.1 Å². The van der Waals surface area contributed by atoms with Crippen molar-refractivity contribution in [1.82, 2.24) is 0 Å². The maximum Gasteiger partial charge on any atom is 0.330 e. The molecule has 0 amide bonds. The lowest BCUT2D eigenvalue weighted by Crippen LogP contribution is -2.34. The van der Waals surface area contributed by atoms with E-state index in [1.165, 1.54) is 0 Å². The first-order valence-corrected chi connectivity index (χ1v) is 9.22. The first-order chi connectivity index (χ1) is 9.75. The Morgan fingerprint density at radius 2 is 2.14 bits per heavy atom. The summed E-state index contributed by atoms with van der Waals surface area (Å²) in [4.78, 5) is 4.60. The fourth-order valence-electron chi connectivity index (χ4n) is 2.86. The molecule has 0 aromatic heterocycles. The van der Waals surface area contributed by atoms with E-state index in [9.17, 15) is 4.21 Å². The summed E-state index contributed by atoms with van der Waals surface area (Å²) in [5.41, 5.74) is 6.64. The van der Waals surface area contributed by atoms with Gasteiger partial charge in [-0.1, -0.05) is 13.8 Å². The Bertz CT molecular complexity index is 458. The van der Waals surface area contributed by atoms with Gasteiger partial charge in [0.05, 0.1) is 11.6 Å². The highest BCUT2D eigenvalue weighted by Gasteiger charge is 2.50. The van der Waals surface area contributed by atoms with Crippen LogP contribution in [0.3, 0.4) is 0 Å². The van der Waals surface area contributed by atoms with Crippen LogP contribution in [0.5, 0.6) is 0 Å². The minimum absolute atomic E-state index is 0.00200. The Labute approximate surface area is 131 Å². The van der Waals surface area contributed by atoms with Gasteiger partial charge in [0.25, 0.3) is 0 Å². The minimum Gasteiger partial charge on any atom is -0.425 e. The highest BCUT2D eigenvalue weighted by atomic mass is 32.2. The molecule has 2 rings (SSSR count). The molecule has 0 aromatic rings. The number of rotatable bonds is 3. The topological polar surface area (TPSA) is 64.7 Å². The molecule has 2 aliphatic rings. The molecule has 0 aromatic carbocycles. The third-order valence-electron chi connectivity index (χ3n) is 5.05. The second-order valence-corrected chi connectivity index (χ2v) is 8.88. The van der Waals surface area contributed by atoms with Crippen LogP contribution < -0.4 is 5.73 Å². The summed E-state index contributed by atoms with van der Waals surface area (Å²) in [6, 6.07) is 0.164. The predicted octanol–water partition coefficient (Wildman–Crippen LogP) is 2.18. The largest absolute Gasteiger partial charge is 0.425 e. The molecule has 2 heterocycles. The lowest BCUT2D eigenvalue weighted by Gasteiger charge is -2.34. The lowest BCUT2D eigenvalue weighted by molar-refractivity contribution is 0.0372. The van der Waals surface area contributed by atoms with E-state index < -0.39 is 10.8 Å². The molecular formula is C15H27BN2O2S. The number of nitrogens with two attached hydrogens (primary N) is 1. The van der Waals surface area contributed by atoms with Gasteiger partial charge in [-0.05, 0) is 50.1 Å². The number of aliphatic imine (C=N–C) groups is 1. The van der Waals surface area contributed by atoms with Gasteiger partial charge in [-0.3, -0.25) is 9.20 Å². The van der Waals surface area contributed by atoms with Crippen LogP contribution in [-0.4, -0.2) is 40.5 Å². The molecule has 2 atom stereocenters. The Morgan fingerprint density at radius 1 is 1.43 bits per heavy atom. The van der Waals surface area contributed by atoms with Gasteiger partial charge in [0.2, 0.25) is 0 Å². The minimum atomic E-state index is -0.710. The van der Waals surface area contributed by atoms with Crippen molar-refractivity contribution in [2.45, 2.75) is 58.5 Å². The molecule has 118 valence electrons. The van der Waals surface area contributed by atoms with Crippen LogP contribution in [0.2, 0.25) is 6.32 Å². The molecule has 2 unspecified atom stereocenters. The maximum atomic E-state index is 11.6. The smallest absolute Gasteiger partial charge is 0.330 e. The second-order valence-electron chi connectivity index (χ2n) is 7.26. The summed E-state index contributed by atoms with van der Waals surface area (Å²) < 4.78 is 17.8. The average Bonchev–Trinajstić information content (AvgIpc) is 2.59. The van der Waals surface area contributed by atoms with E-state index in [2.05, 4.69) is 32.7 Å². The molecule has 0 bridgehead atoms. The zero-order valence-corrected chi connectivity index (χ0v) is 14.4. The highest BCUT2D eigenvalue weighted by Crippen LogP contribution is 2.46. The van der Waals surface area contributed by atoms with Crippen LogP contribution in [0.25, 0.3) is 0 Å². The zero-order chi connectivity index (χ0) is 15.7. The van der Waals surface area contributed by atoms with Crippen molar-refractivity contribution < 1.29 is 8.86 Å². The molecule has 2 aliphatic heterocycles. The Hall–Kier alpha value is -0.615. The third kappa shape index (κ3) is 3.78. The van der Waals surface area contributed by atoms with Crippen LogP contribution in [0, 0.1) is 5.41 Å². The van der Waals surface area contributed by atoms with Crippen molar-refractivity contribution in [3.63, 3.8) is 0 Å². The van der Waals surface area contributed by atoms with Crippen LogP contribution in [-0.2, 0) is 15.5 Å². The van der Waals surface area contributed by atoms with E-state index in [0.717, 1.165) is 30.4 Å². The summed E-state index contributed by atoms with van der Waals surface area (Å²) in [7, 11) is -0.710. The molecule has 2 saturated heterocycles. The summed E-state index contributed by atoms with van der Waals surface area (Å²) in [6.07, 6.45) is 6.39. The van der Waals surface area contributed by atoms with Crippen molar-refractivity contribution in [1.29, 1.82) is 0 Å². The Morgan fingerprint density at radius 3 is 2.67 bits per heavy atom. The molecule has 21 heavy (non-hydrogen) atoms. The summed E-state index contributed by atoms with van der Waals surface area (Å²) >= 11 is 0. The summed E-state index contributed by atoms with van der Waals surface area (Å²) in [5.74, 6) is 1.50. The summed E-state index contributed by atoms with van der Waals surface area (Å²) in [5, 5.41) is 0. The number of hydrogen-bond donors (Lipinski definition) is 1. The molecular weight excluding hydrogens is 283 g/mol. The molecule has 2 fully saturated rings. The molecule has 6 heteroatoms. The normalized spacial score (nSPS) is 32.8.